The minimum absolute atomic E-state index is 0.229. The molecule has 0 unspecified atom stereocenters. The van der Waals surface area contributed by atoms with E-state index in [2.05, 4.69) is 10.3 Å². The van der Waals surface area contributed by atoms with Crippen LogP contribution in [0.15, 0.2) is 65.1 Å². The van der Waals surface area contributed by atoms with E-state index in [0.717, 1.165) is 22.2 Å². The third-order valence-electron chi connectivity index (χ3n) is 4.71. The number of aromatic nitrogens is 1. The van der Waals surface area contributed by atoms with Gasteiger partial charge in [0.2, 0.25) is 5.89 Å². The van der Waals surface area contributed by atoms with Crippen LogP contribution in [-0.2, 0) is 0 Å². The monoisotopic (exact) mass is 386 g/mol. The smallest absolute Gasteiger partial charge is 0.255 e. The second kappa shape index (κ2) is 6.98. The number of hydrogen-bond donors (Lipinski definition) is 1. The minimum atomic E-state index is -0.229. The zero-order valence-electron chi connectivity index (χ0n) is 15.8. The second-order valence-electron chi connectivity index (χ2n) is 6.88. The maximum atomic E-state index is 12.7. The number of ether oxygens (including phenoxy) is 2. The third kappa shape index (κ3) is 3.40. The summed E-state index contributed by atoms with van der Waals surface area (Å²) in [5.41, 5.74) is 4.61. The summed E-state index contributed by atoms with van der Waals surface area (Å²) in [5, 5.41) is 2.91. The highest BCUT2D eigenvalue weighted by Gasteiger charge is 2.16. The zero-order valence-corrected chi connectivity index (χ0v) is 15.8. The number of fused-ring (bicyclic) bond motifs is 2. The van der Waals surface area contributed by atoms with E-state index in [9.17, 15) is 4.79 Å². The Balaban J connectivity index is 1.40. The van der Waals surface area contributed by atoms with Crippen molar-refractivity contribution in [2.45, 2.75) is 6.92 Å². The van der Waals surface area contributed by atoms with E-state index in [1.54, 1.807) is 18.2 Å². The fourth-order valence-corrected chi connectivity index (χ4v) is 3.28. The van der Waals surface area contributed by atoms with Gasteiger partial charge in [-0.3, -0.25) is 4.79 Å². The third-order valence-corrected chi connectivity index (χ3v) is 4.71. The van der Waals surface area contributed by atoms with Crippen LogP contribution in [0.2, 0.25) is 0 Å². The van der Waals surface area contributed by atoms with Gasteiger partial charge in [0, 0.05) is 16.8 Å². The van der Waals surface area contributed by atoms with Crippen LogP contribution >= 0.6 is 0 Å². The number of aryl methyl sites for hydroxylation is 1. The molecule has 0 fully saturated rings. The molecule has 1 N–H and O–H groups in total. The number of anilines is 1. The number of nitrogens with one attached hydrogen (secondary N) is 1. The summed E-state index contributed by atoms with van der Waals surface area (Å²) < 4.78 is 16.9. The number of amides is 1. The van der Waals surface area contributed by atoms with E-state index >= 15 is 0 Å². The van der Waals surface area contributed by atoms with Crippen molar-refractivity contribution in [2.75, 3.05) is 18.5 Å². The molecule has 6 heteroatoms. The van der Waals surface area contributed by atoms with Gasteiger partial charge in [-0.25, -0.2) is 4.98 Å². The van der Waals surface area contributed by atoms with Crippen molar-refractivity contribution in [2.24, 2.45) is 0 Å². The maximum Gasteiger partial charge on any atom is 0.255 e. The molecule has 1 aromatic heterocycles. The molecule has 5 rings (SSSR count). The van der Waals surface area contributed by atoms with Gasteiger partial charge in [-0.15, -0.1) is 0 Å². The van der Waals surface area contributed by atoms with Crippen molar-refractivity contribution < 1.29 is 18.7 Å². The predicted octanol–water partition coefficient (Wildman–Crippen LogP) is 4.83. The number of nitrogens with zero attached hydrogens (tertiary/aromatic N) is 1. The molecule has 0 aliphatic carbocycles. The van der Waals surface area contributed by atoms with E-state index in [-0.39, 0.29) is 5.91 Å². The first-order chi connectivity index (χ1) is 14.2. The van der Waals surface area contributed by atoms with Gasteiger partial charge in [0.1, 0.15) is 18.7 Å². The van der Waals surface area contributed by atoms with Crippen LogP contribution in [0.5, 0.6) is 11.5 Å². The van der Waals surface area contributed by atoms with Crippen LogP contribution in [0, 0.1) is 6.92 Å². The predicted molar refractivity (Wildman–Crippen MR) is 110 cm³/mol. The summed E-state index contributed by atoms with van der Waals surface area (Å²) in [6.45, 7) is 3.01. The topological polar surface area (TPSA) is 73.6 Å². The largest absolute Gasteiger partial charge is 0.486 e. The molecule has 6 nitrogen and oxygen atoms in total. The number of rotatable bonds is 3. The number of carbonyl (C=O) groups is 1. The fourth-order valence-electron chi connectivity index (χ4n) is 3.28. The second-order valence-corrected chi connectivity index (χ2v) is 6.88. The van der Waals surface area contributed by atoms with Crippen molar-refractivity contribution in [1.82, 2.24) is 4.98 Å². The van der Waals surface area contributed by atoms with Gasteiger partial charge < -0.3 is 19.2 Å². The summed E-state index contributed by atoms with van der Waals surface area (Å²) in [7, 11) is 0. The van der Waals surface area contributed by atoms with Crippen molar-refractivity contribution in [1.29, 1.82) is 0 Å². The first kappa shape index (κ1) is 17.3. The van der Waals surface area contributed by atoms with Crippen molar-refractivity contribution in [3.05, 3.63) is 71.8 Å². The highest BCUT2D eigenvalue weighted by Crippen LogP contribution is 2.31. The molecule has 4 aromatic rings. The molecule has 0 spiro atoms. The average molecular weight is 386 g/mol. The van der Waals surface area contributed by atoms with Gasteiger partial charge in [0.05, 0.1) is 0 Å². The molecule has 0 bridgehead atoms. The van der Waals surface area contributed by atoms with Crippen LogP contribution in [-0.4, -0.2) is 24.1 Å². The molecule has 0 radical (unpaired) electrons. The van der Waals surface area contributed by atoms with Gasteiger partial charge >= 0.3 is 0 Å². The van der Waals surface area contributed by atoms with Gasteiger partial charge in [-0.2, -0.15) is 0 Å². The Morgan fingerprint density at radius 3 is 2.72 bits per heavy atom. The number of hydrogen-bond acceptors (Lipinski definition) is 5. The molecular formula is C23H18N2O4. The molecule has 0 saturated heterocycles. The minimum Gasteiger partial charge on any atom is -0.486 e. The summed E-state index contributed by atoms with van der Waals surface area (Å²) in [5.74, 6) is 1.52. The highest BCUT2D eigenvalue weighted by atomic mass is 16.6. The molecule has 144 valence electrons. The van der Waals surface area contributed by atoms with Crippen molar-refractivity contribution >= 4 is 22.7 Å². The normalized spacial score (nSPS) is 12.7. The van der Waals surface area contributed by atoms with Crippen LogP contribution in [0.1, 0.15) is 15.9 Å². The Bertz CT molecular complexity index is 1230. The summed E-state index contributed by atoms with van der Waals surface area (Å²) in [4.78, 5) is 17.2. The Morgan fingerprint density at radius 1 is 0.966 bits per heavy atom. The maximum absolute atomic E-state index is 12.7. The van der Waals surface area contributed by atoms with Gasteiger partial charge in [0.15, 0.2) is 17.1 Å². The van der Waals surface area contributed by atoms with Crippen LogP contribution in [0.3, 0.4) is 0 Å². The summed E-state index contributed by atoms with van der Waals surface area (Å²) in [6, 6.07) is 18.5. The summed E-state index contributed by atoms with van der Waals surface area (Å²) >= 11 is 0. The lowest BCUT2D eigenvalue weighted by Crippen LogP contribution is -2.17. The van der Waals surface area contributed by atoms with E-state index < -0.39 is 0 Å². The molecule has 1 aliphatic rings. The Morgan fingerprint density at radius 2 is 1.83 bits per heavy atom. The molecule has 0 saturated carbocycles. The average Bonchev–Trinajstić information content (AvgIpc) is 3.17. The SMILES string of the molecule is Cc1ccc2oc(-c3cccc(NC(=O)c4ccc5c(c4)OCCO5)c3)nc2c1. The zero-order chi connectivity index (χ0) is 19.8. The molecule has 0 atom stereocenters. The number of oxazole rings is 1. The Hall–Kier alpha value is -3.80. The Kier molecular flexibility index (Phi) is 4.17. The van der Waals surface area contributed by atoms with Crippen molar-refractivity contribution in [3.63, 3.8) is 0 Å². The fraction of sp³-hybridized carbons (Fsp3) is 0.130. The van der Waals surface area contributed by atoms with E-state index in [0.29, 0.717) is 41.9 Å². The molecule has 3 aromatic carbocycles. The first-order valence-corrected chi connectivity index (χ1v) is 9.34. The van der Waals surface area contributed by atoms with Crippen LogP contribution in [0.25, 0.3) is 22.6 Å². The molecule has 1 aliphatic heterocycles. The number of benzene rings is 3. The standard InChI is InChI=1S/C23H18N2O4/c1-14-5-7-19-18(11-14)25-23(29-19)16-3-2-4-17(12-16)24-22(26)15-6-8-20-21(13-15)28-10-9-27-20/h2-8,11-13H,9-10H2,1H3,(H,24,26). The van der Waals surface area contributed by atoms with Gasteiger partial charge in [0.25, 0.3) is 5.91 Å². The molecule has 1 amide bonds. The quantitative estimate of drug-likeness (QED) is 0.546. The Labute approximate surface area is 167 Å². The van der Waals surface area contributed by atoms with Gasteiger partial charge in [-0.05, 0) is 61.0 Å². The first-order valence-electron chi connectivity index (χ1n) is 9.34. The lowest BCUT2D eigenvalue weighted by Gasteiger charge is -2.18. The molecule has 2 heterocycles. The molecule has 29 heavy (non-hydrogen) atoms. The highest BCUT2D eigenvalue weighted by molar-refractivity contribution is 6.05. The summed E-state index contributed by atoms with van der Waals surface area (Å²) in [6.07, 6.45) is 0. The number of carbonyl (C=O) groups excluding carboxylic acids is 1. The lowest BCUT2D eigenvalue weighted by atomic mass is 10.1. The van der Waals surface area contributed by atoms with E-state index in [1.807, 2.05) is 49.4 Å². The van der Waals surface area contributed by atoms with Gasteiger partial charge in [-0.1, -0.05) is 12.1 Å². The van der Waals surface area contributed by atoms with E-state index in [4.69, 9.17) is 13.9 Å². The lowest BCUT2D eigenvalue weighted by molar-refractivity contribution is 0.102. The van der Waals surface area contributed by atoms with Crippen LogP contribution in [0.4, 0.5) is 5.69 Å². The van der Waals surface area contributed by atoms with E-state index in [1.165, 1.54) is 0 Å². The molecular weight excluding hydrogens is 368 g/mol. The van der Waals surface area contributed by atoms with Crippen LogP contribution < -0.4 is 14.8 Å². The van der Waals surface area contributed by atoms with Crippen molar-refractivity contribution in [3.8, 4) is 23.0 Å².